The zero-order valence-corrected chi connectivity index (χ0v) is 21.6. The van der Waals surface area contributed by atoms with Gasteiger partial charge in [-0.25, -0.2) is 4.79 Å². The Morgan fingerprint density at radius 1 is 1.13 bits per heavy atom. The number of para-hydroxylation sites is 2. The number of nitrogens with two attached hydrogens (primary N) is 1. The number of anilines is 1. The Hall–Kier alpha value is -4.11. The second-order valence-electron chi connectivity index (χ2n) is 9.94. The highest BCUT2D eigenvalue weighted by atomic mass is 35.5. The van der Waals surface area contributed by atoms with Crippen LogP contribution in [0, 0.1) is 12.8 Å². The predicted octanol–water partition coefficient (Wildman–Crippen LogP) is 4.86. The maximum Gasteiger partial charge on any atom is 0.333 e. The second kappa shape index (κ2) is 9.64. The van der Waals surface area contributed by atoms with Gasteiger partial charge in [-0.3, -0.25) is 18.9 Å². The van der Waals surface area contributed by atoms with Gasteiger partial charge in [0.05, 0.1) is 38.4 Å². The Morgan fingerprint density at radius 2 is 1.89 bits per heavy atom. The van der Waals surface area contributed by atoms with Crippen molar-refractivity contribution < 1.29 is 9.32 Å². The van der Waals surface area contributed by atoms with Crippen LogP contribution in [0.5, 0.6) is 0 Å². The zero-order valence-electron chi connectivity index (χ0n) is 20.9. The minimum Gasteiger partial charge on any atom is -0.380 e. The number of nitrogens with one attached hydrogen (secondary N) is 1. The van der Waals surface area contributed by atoms with Gasteiger partial charge in [0.15, 0.2) is 11.4 Å². The Bertz CT molecular complexity index is 1730. The summed E-state index contributed by atoms with van der Waals surface area (Å²) in [5.41, 5.74) is 9.87. The number of amides is 1. The van der Waals surface area contributed by atoms with Crippen LogP contribution in [0.4, 0.5) is 5.82 Å². The number of fused-ring (bicyclic) bond motifs is 2. The SMILES string of the molecule is Cc1ncc(Cl)cc1C(=O)NC1CCC(Cn2c(=O)n(-c3ccc4c(N)noc4c3)c3ccccc32)CC1. The smallest absolute Gasteiger partial charge is 0.333 e. The van der Waals surface area contributed by atoms with Crippen molar-refractivity contribution in [2.45, 2.75) is 45.2 Å². The lowest BCUT2D eigenvalue weighted by Crippen LogP contribution is -2.39. The molecule has 0 aliphatic heterocycles. The van der Waals surface area contributed by atoms with Crippen LogP contribution in [-0.2, 0) is 6.54 Å². The molecule has 6 rings (SSSR count). The van der Waals surface area contributed by atoms with E-state index in [2.05, 4.69) is 15.5 Å². The molecule has 0 unspecified atom stereocenters. The molecule has 1 aliphatic rings. The van der Waals surface area contributed by atoms with E-state index in [0.29, 0.717) is 45.8 Å². The first kappa shape index (κ1) is 24.2. The van der Waals surface area contributed by atoms with Gasteiger partial charge in [0.25, 0.3) is 5.91 Å². The molecule has 0 saturated heterocycles. The number of hydrogen-bond donors (Lipinski definition) is 2. The topological polar surface area (TPSA) is 121 Å². The third-order valence-electron chi connectivity index (χ3n) is 7.50. The lowest BCUT2D eigenvalue weighted by atomic mass is 9.85. The number of benzene rings is 2. The maximum absolute atomic E-state index is 13.7. The Balaban J connectivity index is 1.20. The number of carbonyl (C=O) groups excluding carboxylic acids is 1. The summed E-state index contributed by atoms with van der Waals surface area (Å²) in [6.07, 6.45) is 5.06. The summed E-state index contributed by atoms with van der Waals surface area (Å²) in [5.74, 6) is 0.504. The standard InChI is InChI=1S/C28H27ClN6O3/c1-16-22(12-18(29)14-31-16)27(36)32-19-8-6-17(7-9-19)15-34-23-4-2-3-5-24(23)35(28(34)37)20-10-11-21-25(13-20)38-33-26(21)30/h2-5,10-14,17,19H,6-9,15H2,1H3,(H2,30,33)(H,32,36). The highest BCUT2D eigenvalue weighted by Crippen LogP contribution is 2.29. The van der Waals surface area contributed by atoms with Gasteiger partial charge in [-0.15, -0.1) is 0 Å². The van der Waals surface area contributed by atoms with Crippen molar-refractivity contribution in [2.24, 2.45) is 5.92 Å². The van der Waals surface area contributed by atoms with Gasteiger partial charge in [0, 0.05) is 24.8 Å². The van der Waals surface area contributed by atoms with Gasteiger partial charge < -0.3 is 15.6 Å². The van der Waals surface area contributed by atoms with Crippen LogP contribution in [0.15, 0.2) is 64.0 Å². The molecule has 0 radical (unpaired) electrons. The van der Waals surface area contributed by atoms with Gasteiger partial charge in [-0.2, -0.15) is 0 Å². The zero-order chi connectivity index (χ0) is 26.4. The molecule has 3 heterocycles. The van der Waals surface area contributed by atoms with E-state index in [4.69, 9.17) is 21.9 Å². The third-order valence-corrected chi connectivity index (χ3v) is 7.70. The maximum atomic E-state index is 13.7. The average Bonchev–Trinajstić information content (AvgIpc) is 3.42. The van der Waals surface area contributed by atoms with E-state index in [-0.39, 0.29) is 17.6 Å². The average molecular weight is 531 g/mol. The highest BCUT2D eigenvalue weighted by Gasteiger charge is 2.26. The van der Waals surface area contributed by atoms with Crippen molar-refractivity contribution in [1.82, 2.24) is 24.6 Å². The van der Waals surface area contributed by atoms with E-state index in [0.717, 1.165) is 42.1 Å². The number of rotatable bonds is 5. The van der Waals surface area contributed by atoms with Gasteiger partial charge in [-0.1, -0.05) is 28.9 Å². The van der Waals surface area contributed by atoms with Gasteiger partial charge in [0.1, 0.15) is 0 Å². The number of imidazole rings is 1. The fraction of sp³-hybridized carbons (Fsp3) is 0.286. The summed E-state index contributed by atoms with van der Waals surface area (Å²) in [7, 11) is 0. The molecule has 1 aliphatic carbocycles. The second-order valence-corrected chi connectivity index (χ2v) is 10.4. The summed E-state index contributed by atoms with van der Waals surface area (Å²) in [6, 6.07) is 15.0. The van der Waals surface area contributed by atoms with Gasteiger partial charge >= 0.3 is 5.69 Å². The van der Waals surface area contributed by atoms with Crippen LogP contribution in [0.25, 0.3) is 27.7 Å². The molecule has 1 saturated carbocycles. The van der Waals surface area contributed by atoms with Crippen molar-refractivity contribution in [3.8, 4) is 5.69 Å². The lowest BCUT2D eigenvalue weighted by molar-refractivity contribution is 0.0919. The quantitative estimate of drug-likeness (QED) is 0.334. The number of carbonyl (C=O) groups is 1. The van der Waals surface area contributed by atoms with E-state index >= 15 is 0 Å². The van der Waals surface area contributed by atoms with Crippen LogP contribution < -0.4 is 16.7 Å². The molecular weight excluding hydrogens is 504 g/mol. The first-order valence-corrected chi connectivity index (χ1v) is 13.1. The molecule has 0 atom stereocenters. The molecule has 2 aromatic carbocycles. The number of hydrogen-bond acceptors (Lipinski definition) is 6. The molecule has 3 aromatic heterocycles. The Labute approximate surface area is 223 Å². The molecule has 0 spiro atoms. The minimum atomic E-state index is -0.147. The van der Waals surface area contributed by atoms with E-state index in [1.807, 2.05) is 41.0 Å². The molecule has 194 valence electrons. The number of aryl methyl sites for hydroxylation is 1. The molecule has 1 fully saturated rings. The molecule has 5 aromatic rings. The molecular formula is C28H27ClN6O3. The molecule has 1 amide bonds. The number of halogens is 1. The highest BCUT2D eigenvalue weighted by molar-refractivity contribution is 6.30. The van der Waals surface area contributed by atoms with Crippen molar-refractivity contribution in [1.29, 1.82) is 0 Å². The molecule has 38 heavy (non-hydrogen) atoms. The number of nitrogen functional groups attached to an aromatic ring is 1. The van der Waals surface area contributed by atoms with Crippen LogP contribution >= 0.6 is 11.6 Å². The molecule has 9 nitrogen and oxygen atoms in total. The lowest BCUT2D eigenvalue weighted by Gasteiger charge is -2.29. The fourth-order valence-corrected chi connectivity index (χ4v) is 5.63. The number of aromatic nitrogens is 4. The molecule has 0 bridgehead atoms. The molecule has 3 N–H and O–H groups in total. The fourth-order valence-electron chi connectivity index (χ4n) is 5.47. The summed E-state index contributed by atoms with van der Waals surface area (Å²) in [5, 5.41) is 8.12. The van der Waals surface area contributed by atoms with Crippen molar-refractivity contribution in [3.05, 3.63) is 81.5 Å². The van der Waals surface area contributed by atoms with Crippen LogP contribution in [0.1, 0.15) is 41.7 Å². The monoisotopic (exact) mass is 530 g/mol. The van der Waals surface area contributed by atoms with Crippen LogP contribution in [0.2, 0.25) is 5.02 Å². The van der Waals surface area contributed by atoms with Crippen molar-refractivity contribution >= 4 is 45.3 Å². The Morgan fingerprint density at radius 3 is 2.68 bits per heavy atom. The van der Waals surface area contributed by atoms with E-state index < -0.39 is 0 Å². The van der Waals surface area contributed by atoms with E-state index in [1.165, 1.54) is 0 Å². The summed E-state index contributed by atoms with van der Waals surface area (Å²) >= 11 is 6.04. The van der Waals surface area contributed by atoms with Crippen molar-refractivity contribution in [2.75, 3.05) is 5.73 Å². The summed E-state index contributed by atoms with van der Waals surface area (Å²) in [4.78, 5) is 30.7. The summed E-state index contributed by atoms with van der Waals surface area (Å²) < 4.78 is 8.90. The summed E-state index contributed by atoms with van der Waals surface area (Å²) in [6.45, 7) is 2.41. The first-order chi connectivity index (χ1) is 18.4. The first-order valence-electron chi connectivity index (χ1n) is 12.7. The van der Waals surface area contributed by atoms with E-state index in [1.54, 1.807) is 29.8 Å². The Kier molecular flexibility index (Phi) is 6.15. The predicted molar refractivity (Wildman–Crippen MR) is 147 cm³/mol. The van der Waals surface area contributed by atoms with E-state index in [9.17, 15) is 9.59 Å². The molecule has 10 heteroatoms. The normalized spacial score (nSPS) is 17.7. The van der Waals surface area contributed by atoms with Gasteiger partial charge in [-0.05, 0) is 68.9 Å². The van der Waals surface area contributed by atoms with Crippen LogP contribution in [-0.4, -0.2) is 31.2 Å². The van der Waals surface area contributed by atoms with Crippen molar-refractivity contribution in [3.63, 3.8) is 0 Å². The largest absolute Gasteiger partial charge is 0.380 e. The number of pyridine rings is 1. The van der Waals surface area contributed by atoms with Crippen LogP contribution in [0.3, 0.4) is 0 Å². The third kappa shape index (κ3) is 4.32. The minimum absolute atomic E-state index is 0.0799. The van der Waals surface area contributed by atoms with Gasteiger partial charge in [0.2, 0.25) is 0 Å². The number of nitrogens with zero attached hydrogens (tertiary/aromatic N) is 4.